The molecule has 0 atom stereocenters. The fraction of sp³-hybridized carbons (Fsp3) is 0. The molecule has 0 saturated carbocycles. The SMILES string of the molecule is O=C/C=C/C(=O)Oc1ccccc1C(=O)O. The lowest BCUT2D eigenvalue weighted by Gasteiger charge is -2.04. The molecule has 0 aromatic heterocycles. The van der Waals surface area contributed by atoms with Crippen LogP contribution in [0.5, 0.6) is 5.75 Å². The van der Waals surface area contributed by atoms with Crippen LogP contribution in [0.3, 0.4) is 0 Å². The van der Waals surface area contributed by atoms with Gasteiger partial charge in [0, 0.05) is 6.08 Å². The van der Waals surface area contributed by atoms with Crippen LogP contribution in [-0.4, -0.2) is 23.3 Å². The van der Waals surface area contributed by atoms with E-state index in [0.29, 0.717) is 6.29 Å². The lowest BCUT2D eigenvalue weighted by Crippen LogP contribution is -2.08. The fourth-order valence-electron chi connectivity index (χ4n) is 0.993. The van der Waals surface area contributed by atoms with Crippen molar-refractivity contribution in [3.05, 3.63) is 42.0 Å². The number of carboxylic acids is 1. The first-order valence-corrected chi connectivity index (χ1v) is 4.31. The first kappa shape index (κ1) is 11.6. The van der Waals surface area contributed by atoms with Gasteiger partial charge >= 0.3 is 11.9 Å². The summed E-state index contributed by atoms with van der Waals surface area (Å²) in [6, 6.07) is 5.73. The summed E-state index contributed by atoms with van der Waals surface area (Å²) in [6.45, 7) is 0. The average Bonchev–Trinajstić information content (AvgIpc) is 2.27. The highest BCUT2D eigenvalue weighted by Crippen LogP contribution is 2.17. The molecule has 0 aliphatic rings. The van der Waals surface area contributed by atoms with Gasteiger partial charge in [-0.25, -0.2) is 9.59 Å². The van der Waals surface area contributed by atoms with Gasteiger partial charge in [-0.2, -0.15) is 0 Å². The van der Waals surface area contributed by atoms with E-state index in [4.69, 9.17) is 9.84 Å². The second-order valence-electron chi connectivity index (χ2n) is 2.72. The summed E-state index contributed by atoms with van der Waals surface area (Å²) in [6.07, 6.45) is 2.29. The Morgan fingerprint density at radius 3 is 2.56 bits per heavy atom. The molecule has 1 aromatic rings. The molecule has 0 fully saturated rings. The molecule has 0 amide bonds. The van der Waals surface area contributed by atoms with Crippen LogP contribution in [-0.2, 0) is 9.59 Å². The third-order valence-electron chi connectivity index (χ3n) is 1.64. The monoisotopic (exact) mass is 220 g/mol. The molecule has 1 rings (SSSR count). The standard InChI is InChI=1S/C11H8O5/c12-7-3-6-10(13)16-9-5-2-1-4-8(9)11(14)15/h1-7H,(H,14,15)/b6-3+. The second-order valence-corrected chi connectivity index (χ2v) is 2.72. The Morgan fingerprint density at radius 2 is 1.94 bits per heavy atom. The van der Waals surface area contributed by atoms with Crippen molar-refractivity contribution < 1.29 is 24.2 Å². The molecule has 5 nitrogen and oxygen atoms in total. The summed E-state index contributed by atoms with van der Waals surface area (Å²) in [5, 5.41) is 8.79. The summed E-state index contributed by atoms with van der Waals surface area (Å²) in [5.74, 6) is -2.06. The van der Waals surface area contributed by atoms with E-state index in [9.17, 15) is 14.4 Å². The largest absolute Gasteiger partial charge is 0.478 e. The molecule has 0 radical (unpaired) electrons. The van der Waals surface area contributed by atoms with Crippen LogP contribution in [0.25, 0.3) is 0 Å². The first-order valence-electron chi connectivity index (χ1n) is 4.31. The third-order valence-corrected chi connectivity index (χ3v) is 1.64. The number of carbonyl (C=O) groups is 3. The zero-order valence-corrected chi connectivity index (χ0v) is 8.12. The van der Waals surface area contributed by atoms with Gasteiger partial charge in [-0.15, -0.1) is 0 Å². The van der Waals surface area contributed by atoms with E-state index in [2.05, 4.69) is 0 Å². The van der Waals surface area contributed by atoms with Crippen molar-refractivity contribution in [2.75, 3.05) is 0 Å². The van der Waals surface area contributed by atoms with Gasteiger partial charge in [-0.05, 0) is 18.2 Å². The third kappa shape index (κ3) is 3.06. The van der Waals surface area contributed by atoms with Gasteiger partial charge in [0.1, 0.15) is 17.6 Å². The lowest BCUT2D eigenvalue weighted by atomic mass is 10.2. The van der Waals surface area contributed by atoms with Gasteiger partial charge in [0.25, 0.3) is 0 Å². The molecular formula is C11H8O5. The quantitative estimate of drug-likeness (QED) is 0.355. The van der Waals surface area contributed by atoms with Crippen LogP contribution in [0.1, 0.15) is 10.4 Å². The first-order chi connectivity index (χ1) is 7.65. The zero-order chi connectivity index (χ0) is 12.0. The van der Waals surface area contributed by atoms with Crippen molar-refractivity contribution in [1.82, 2.24) is 0 Å². The zero-order valence-electron chi connectivity index (χ0n) is 8.12. The smallest absolute Gasteiger partial charge is 0.339 e. The number of benzene rings is 1. The summed E-state index contributed by atoms with van der Waals surface area (Å²) < 4.78 is 4.74. The molecule has 0 saturated heterocycles. The molecule has 0 heterocycles. The van der Waals surface area contributed by atoms with Gasteiger partial charge < -0.3 is 9.84 Å². The van der Waals surface area contributed by atoms with E-state index in [1.54, 1.807) is 6.07 Å². The number of carbonyl (C=O) groups excluding carboxylic acids is 2. The summed E-state index contributed by atoms with van der Waals surface area (Å²) in [4.78, 5) is 31.8. The number of hydrogen-bond acceptors (Lipinski definition) is 4. The highest BCUT2D eigenvalue weighted by Gasteiger charge is 2.11. The fourth-order valence-corrected chi connectivity index (χ4v) is 0.993. The van der Waals surface area contributed by atoms with Crippen molar-refractivity contribution >= 4 is 18.2 Å². The van der Waals surface area contributed by atoms with Crippen molar-refractivity contribution in [1.29, 1.82) is 0 Å². The molecule has 1 aromatic carbocycles. The van der Waals surface area contributed by atoms with Crippen molar-refractivity contribution in [2.24, 2.45) is 0 Å². The Morgan fingerprint density at radius 1 is 1.25 bits per heavy atom. The number of hydrogen-bond donors (Lipinski definition) is 1. The van der Waals surface area contributed by atoms with Gasteiger partial charge in [-0.3, -0.25) is 4.79 Å². The number of aldehydes is 1. The van der Waals surface area contributed by atoms with Crippen LogP contribution < -0.4 is 4.74 Å². The molecule has 0 unspecified atom stereocenters. The number of allylic oxidation sites excluding steroid dienone is 1. The lowest BCUT2D eigenvalue weighted by molar-refractivity contribution is -0.129. The number of aromatic carboxylic acids is 1. The number of ether oxygens (including phenoxy) is 1. The second kappa shape index (κ2) is 5.45. The Labute approximate surface area is 91.0 Å². The molecule has 16 heavy (non-hydrogen) atoms. The highest BCUT2D eigenvalue weighted by atomic mass is 16.5. The summed E-state index contributed by atoms with van der Waals surface area (Å²) in [7, 11) is 0. The van der Waals surface area contributed by atoms with Crippen LogP contribution in [0.15, 0.2) is 36.4 Å². The Bertz CT molecular complexity index is 447. The minimum absolute atomic E-state index is 0.0597. The van der Waals surface area contributed by atoms with Crippen molar-refractivity contribution in [2.45, 2.75) is 0 Å². The number of esters is 1. The van der Waals surface area contributed by atoms with E-state index in [-0.39, 0.29) is 11.3 Å². The number of para-hydroxylation sites is 1. The molecule has 0 aliphatic carbocycles. The van der Waals surface area contributed by atoms with E-state index in [0.717, 1.165) is 12.2 Å². The molecule has 0 spiro atoms. The summed E-state index contributed by atoms with van der Waals surface area (Å²) >= 11 is 0. The summed E-state index contributed by atoms with van der Waals surface area (Å²) in [5.41, 5.74) is -0.115. The Balaban J connectivity index is 2.88. The Hall–Kier alpha value is -2.43. The Kier molecular flexibility index (Phi) is 3.97. The van der Waals surface area contributed by atoms with Gasteiger partial charge in [0.15, 0.2) is 0 Å². The molecular weight excluding hydrogens is 212 g/mol. The predicted octanol–water partition coefficient (Wildman–Crippen LogP) is 1.05. The van der Waals surface area contributed by atoms with Crippen LogP contribution in [0.2, 0.25) is 0 Å². The minimum atomic E-state index is -1.19. The molecule has 0 aliphatic heterocycles. The van der Waals surface area contributed by atoms with E-state index in [1.165, 1.54) is 18.2 Å². The van der Waals surface area contributed by atoms with Crippen LogP contribution in [0.4, 0.5) is 0 Å². The number of carboxylic acid groups (broad SMARTS) is 1. The molecule has 5 heteroatoms. The topological polar surface area (TPSA) is 80.7 Å². The van der Waals surface area contributed by atoms with E-state index in [1.807, 2.05) is 0 Å². The van der Waals surface area contributed by atoms with Crippen LogP contribution in [0, 0.1) is 0 Å². The average molecular weight is 220 g/mol. The molecule has 82 valence electrons. The van der Waals surface area contributed by atoms with Gasteiger partial charge in [0.2, 0.25) is 0 Å². The normalized spacial score (nSPS) is 10.0. The maximum atomic E-state index is 11.1. The van der Waals surface area contributed by atoms with Gasteiger partial charge in [0.05, 0.1) is 0 Å². The van der Waals surface area contributed by atoms with Gasteiger partial charge in [-0.1, -0.05) is 12.1 Å². The number of rotatable bonds is 4. The van der Waals surface area contributed by atoms with Crippen LogP contribution >= 0.6 is 0 Å². The van der Waals surface area contributed by atoms with Crippen molar-refractivity contribution in [3.8, 4) is 5.75 Å². The maximum Gasteiger partial charge on any atom is 0.339 e. The van der Waals surface area contributed by atoms with E-state index >= 15 is 0 Å². The highest BCUT2D eigenvalue weighted by molar-refractivity contribution is 5.93. The molecule has 1 N–H and O–H groups in total. The van der Waals surface area contributed by atoms with Crippen molar-refractivity contribution in [3.63, 3.8) is 0 Å². The minimum Gasteiger partial charge on any atom is -0.478 e. The predicted molar refractivity (Wildman–Crippen MR) is 54.2 cm³/mol. The van der Waals surface area contributed by atoms with E-state index < -0.39 is 11.9 Å². The maximum absolute atomic E-state index is 11.1. The molecule has 0 bridgehead atoms.